The van der Waals surface area contributed by atoms with Gasteiger partial charge in [-0.1, -0.05) is 18.2 Å². The van der Waals surface area contributed by atoms with Gasteiger partial charge < -0.3 is 15.4 Å². The lowest BCUT2D eigenvalue weighted by Crippen LogP contribution is -2.57. The fourth-order valence-corrected chi connectivity index (χ4v) is 3.70. The monoisotopic (exact) mass is 289 g/mol. The SMILES string of the molecule is CN1CCN(C2CC(C)(C)Oc3ccccc32)C(CN)C1. The summed E-state index contributed by atoms with van der Waals surface area (Å²) in [5.41, 5.74) is 7.25. The number of para-hydroxylation sites is 1. The van der Waals surface area contributed by atoms with E-state index < -0.39 is 0 Å². The number of hydrogen-bond donors (Lipinski definition) is 1. The molecule has 2 heterocycles. The molecule has 0 aromatic heterocycles. The number of rotatable bonds is 2. The van der Waals surface area contributed by atoms with Gasteiger partial charge >= 0.3 is 0 Å². The van der Waals surface area contributed by atoms with Crippen molar-refractivity contribution in [2.75, 3.05) is 33.2 Å². The fourth-order valence-electron chi connectivity index (χ4n) is 3.70. The summed E-state index contributed by atoms with van der Waals surface area (Å²) in [4.78, 5) is 4.98. The number of hydrogen-bond acceptors (Lipinski definition) is 4. The molecule has 4 heteroatoms. The van der Waals surface area contributed by atoms with E-state index in [-0.39, 0.29) is 5.60 Å². The Morgan fingerprint density at radius 2 is 2.05 bits per heavy atom. The van der Waals surface area contributed by atoms with Gasteiger partial charge in [0.25, 0.3) is 0 Å². The minimum atomic E-state index is -0.123. The zero-order chi connectivity index (χ0) is 15.0. The van der Waals surface area contributed by atoms with Gasteiger partial charge in [0.15, 0.2) is 0 Å². The maximum Gasteiger partial charge on any atom is 0.124 e. The van der Waals surface area contributed by atoms with E-state index in [1.807, 2.05) is 0 Å². The normalized spacial score (nSPS) is 29.7. The highest BCUT2D eigenvalue weighted by atomic mass is 16.5. The molecule has 3 rings (SSSR count). The van der Waals surface area contributed by atoms with Crippen molar-refractivity contribution in [2.24, 2.45) is 5.73 Å². The maximum absolute atomic E-state index is 6.16. The Kier molecular flexibility index (Phi) is 3.95. The molecule has 0 aliphatic carbocycles. The zero-order valence-corrected chi connectivity index (χ0v) is 13.4. The molecular weight excluding hydrogens is 262 g/mol. The summed E-state index contributed by atoms with van der Waals surface area (Å²) >= 11 is 0. The van der Waals surface area contributed by atoms with Crippen LogP contribution in [0.5, 0.6) is 5.75 Å². The summed E-state index contributed by atoms with van der Waals surface area (Å²) in [7, 11) is 2.18. The molecule has 2 aliphatic rings. The number of likely N-dealkylation sites (N-methyl/N-ethyl adjacent to an activating group) is 1. The molecule has 116 valence electrons. The lowest BCUT2D eigenvalue weighted by Gasteiger charge is -2.48. The van der Waals surface area contributed by atoms with E-state index in [1.165, 1.54) is 5.56 Å². The Morgan fingerprint density at radius 3 is 2.81 bits per heavy atom. The van der Waals surface area contributed by atoms with E-state index >= 15 is 0 Å². The molecule has 0 amide bonds. The molecule has 0 spiro atoms. The van der Waals surface area contributed by atoms with Crippen LogP contribution < -0.4 is 10.5 Å². The number of benzene rings is 1. The summed E-state index contributed by atoms with van der Waals surface area (Å²) in [6.07, 6.45) is 1.02. The molecule has 2 N–H and O–H groups in total. The summed E-state index contributed by atoms with van der Waals surface area (Å²) < 4.78 is 6.16. The van der Waals surface area contributed by atoms with E-state index in [4.69, 9.17) is 10.5 Å². The van der Waals surface area contributed by atoms with E-state index in [2.05, 4.69) is 55.0 Å². The van der Waals surface area contributed by atoms with Crippen molar-refractivity contribution in [1.29, 1.82) is 0 Å². The molecule has 21 heavy (non-hydrogen) atoms. The van der Waals surface area contributed by atoms with Crippen LogP contribution in [0.4, 0.5) is 0 Å². The lowest BCUT2D eigenvalue weighted by molar-refractivity contribution is -0.00832. The molecule has 2 aliphatic heterocycles. The molecule has 0 bridgehead atoms. The first-order valence-corrected chi connectivity index (χ1v) is 7.92. The third kappa shape index (κ3) is 2.93. The van der Waals surface area contributed by atoms with Gasteiger partial charge in [-0.15, -0.1) is 0 Å². The fraction of sp³-hybridized carbons (Fsp3) is 0.647. The molecule has 2 unspecified atom stereocenters. The lowest BCUT2D eigenvalue weighted by atomic mass is 9.87. The Balaban J connectivity index is 1.93. The third-order valence-corrected chi connectivity index (χ3v) is 4.75. The predicted molar refractivity (Wildman–Crippen MR) is 85.6 cm³/mol. The van der Waals surface area contributed by atoms with Gasteiger partial charge in [0.05, 0.1) is 0 Å². The largest absolute Gasteiger partial charge is 0.487 e. The van der Waals surface area contributed by atoms with Crippen molar-refractivity contribution < 1.29 is 4.74 Å². The highest BCUT2D eigenvalue weighted by molar-refractivity contribution is 5.39. The van der Waals surface area contributed by atoms with Crippen molar-refractivity contribution in [3.05, 3.63) is 29.8 Å². The average Bonchev–Trinajstić information content (AvgIpc) is 2.45. The Bertz CT molecular complexity index is 503. The Morgan fingerprint density at radius 1 is 1.29 bits per heavy atom. The minimum Gasteiger partial charge on any atom is -0.487 e. The van der Waals surface area contributed by atoms with Crippen LogP contribution in [0.1, 0.15) is 31.9 Å². The standard InChI is InChI=1S/C17H27N3O/c1-17(2)10-15(14-6-4-5-7-16(14)21-17)20-9-8-19(3)12-13(20)11-18/h4-7,13,15H,8-12,18H2,1-3H3. The van der Waals surface area contributed by atoms with Gasteiger partial charge in [0.1, 0.15) is 11.4 Å². The van der Waals surface area contributed by atoms with E-state index in [9.17, 15) is 0 Å². The molecule has 0 radical (unpaired) electrons. The van der Waals surface area contributed by atoms with Crippen LogP contribution in [0.25, 0.3) is 0 Å². The van der Waals surface area contributed by atoms with Crippen molar-refractivity contribution in [3.8, 4) is 5.75 Å². The summed E-state index contributed by atoms with van der Waals surface area (Å²) in [6, 6.07) is 9.31. The zero-order valence-electron chi connectivity index (χ0n) is 13.4. The van der Waals surface area contributed by atoms with Gasteiger partial charge in [-0.2, -0.15) is 0 Å². The van der Waals surface area contributed by atoms with Crippen LogP contribution in [0.3, 0.4) is 0 Å². The van der Waals surface area contributed by atoms with Crippen LogP contribution >= 0.6 is 0 Å². The molecule has 4 nitrogen and oxygen atoms in total. The smallest absolute Gasteiger partial charge is 0.124 e. The van der Waals surface area contributed by atoms with Gasteiger partial charge in [-0.3, -0.25) is 4.90 Å². The van der Waals surface area contributed by atoms with Crippen LogP contribution in [0, 0.1) is 0 Å². The van der Waals surface area contributed by atoms with Crippen molar-refractivity contribution >= 4 is 0 Å². The van der Waals surface area contributed by atoms with Crippen LogP contribution in [0.15, 0.2) is 24.3 Å². The molecular formula is C17H27N3O. The second-order valence-electron chi connectivity index (χ2n) is 7.01. The molecule has 1 aromatic carbocycles. The van der Waals surface area contributed by atoms with E-state index in [0.717, 1.165) is 31.8 Å². The quantitative estimate of drug-likeness (QED) is 0.902. The van der Waals surface area contributed by atoms with Crippen molar-refractivity contribution in [3.63, 3.8) is 0 Å². The first-order valence-electron chi connectivity index (χ1n) is 7.92. The summed E-state index contributed by atoms with van der Waals surface area (Å²) in [5, 5.41) is 0. The molecule has 1 saturated heterocycles. The average molecular weight is 289 g/mol. The first kappa shape index (κ1) is 14.8. The van der Waals surface area contributed by atoms with Gasteiger partial charge in [0, 0.05) is 50.2 Å². The first-order chi connectivity index (χ1) is 10.00. The Hall–Kier alpha value is -1.10. The van der Waals surface area contributed by atoms with Gasteiger partial charge in [0.2, 0.25) is 0 Å². The van der Waals surface area contributed by atoms with Crippen LogP contribution in [-0.4, -0.2) is 54.7 Å². The van der Waals surface area contributed by atoms with E-state index in [1.54, 1.807) is 0 Å². The van der Waals surface area contributed by atoms with Gasteiger partial charge in [-0.25, -0.2) is 0 Å². The highest BCUT2D eigenvalue weighted by Crippen LogP contribution is 2.43. The third-order valence-electron chi connectivity index (χ3n) is 4.75. The molecule has 0 saturated carbocycles. The number of piperazine rings is 1. The molecule has 1 aromatic rings. The Labute approximate surface area is 127 Å². The van der Waals surface area contributed by atoms with Crippen LogP contribution in [0.2, 0.25) is 0 Å². The summed E-state index contributed by atoms with van der Waals surface area (Å²) in [5.74, 6) is 1.04. The van der Waals surface area contributed by atoms with E-state index in [0.29, 0.717) is 18.6 Å². The summed E-state index contributed by atoms with van der Waals surface area (Å²) in [6.45, 7) is 8.32. The number of ether oxygens (including phenoxy) is 1. The maximum atomic E-state index is 6.16. The minimum absolute atomic E-state index is 0.123. The highest BCUT2D eigenvalue weighted by Gasteiger charge is 2.39. The van der Waals surface area contributed by atoms with Crippen molar-refractivity contribution in [1.82, 2.24) is 9.80 Å². The van der Waals surface area contributed by atoms with Gasteiger partial charge in [-0.05, 0) is 27.0 Å². The molecule has 1 fully saturated rings. The van der Waals surface area contributed by atoms with Crippen LogP contribution in [-0.2, 0) is 0 Å². The number of fused-ring (bicyclic) bond motifs is 1. The second kappa shape index (κ2) is 5.59. The number of nitrogens with two attached hydrogens (primary N) is 1. The number of nitrogens with zero attached hydrogens (tertiary/aromatic N) is 2. The molecule has 2 atom stereocenters. The van der Waals surface area contributed by atoms with Crippen molar-refractivity contribution in [2.45, 2.75) is 38.0 Å². The topological polar surface area (TPSA) is 41.7 Å². The second-order valence-corrected chi connectivity index (χ2v) is 7.01. The predicted octanol–water partition coefficient (Wildman–Crippen LogP) is 1.86.